The summed E-state index contributed by atoms with van der Waals surface area (Å²) in [5, 5.41) is 13.6. The lowest BCUT2D eigenvalue weighted by molar-refractivity contribution is -0.0456. The van der Waals surface area contributed by atoms with Crippen molar-refractivity contribution in [1.29, 1.82) is 0 Å². The van der Waals surface area contributed by atoms with Crippen molar-refractivity contribution in [3.8, 4) is 0 Å². The van der Waals surface area contributed by atoms with E-state index < -0.39 is 46.4 Å². The van der Waals surface area contributed by atoms with Crippen molar-refractivity contribution in [1.82, 2.24) is 15.3 Å². The second kappa shape index (κ2) is 8.85. The second-order valence-corrected chi connectivity index (χ2v) is 7.76. The largest absolute Gasteiger partial charge is 0.387 e. The number of alkyl halides is 3. The summed E-state index contributed by atoms with van der Waals surface area (Å²) in [7, 11) is 0. The molecule has 1 unspecified atom stereocenters. The van der Waals surface area contributed by atoms with Crippen LogP contribution in [0.3, 0.4) is 0 Å². The van der Waals surface area contributed by atoms with E-state index in [2.05, 4.69) is 15.3 Å². The average molecular weight is 448 g/mol. The molecule has 2 N–H and O–H groups in total. The fraction of sp³-hybridized carbons (Fsp3) is 0.421. The highest BCUT2D eigenvalue weighted by Gasteiger charge is 2.43. The van der Waals surface area contributed by atoms with Crippen molar-refractivity contribution in [2.45, 2.75) is 49.9 Å². The Morgan fingerprint density at radius 2 is 1.86 bits per heavy atom. The quantitative estimate of drug-likeness (QED) is 0.687. The molecule has 0 bridgehead atoms. The summed E-state index contributed by atoms with van der Waals surface area (Å²) in [6.45, 7) is 0. The van der Waals surface area contributed by atoms with Crippen LogP contribution in [0.25, 0.3) is 0 Å². The van der Waals surface area contributed by atoms with Gasteiger partial charge in [0.15, 0.2) is 0 Å². The Balaban J connectivity index is 1.95. The molecular formula is C19H18Cl2F3N3O2. The maximum atomic E-state index is 13.6. The van der Waals surface area contributed by atoms with Crippen molar-refractivity contribution in [2.75, 3.05) is 0 Å². The summed E-state index contributed by atoms with van der Waals surface area (Å²) < 4.78 is 39.8. The zero-order valence-corrected chi connectivity index (χ0v) is 16.6. The van der Waals surface area contributed by atoms with Gasteiger partial charge in [0.2, 0.25) is 0 Å². The number of halogens is 5. The predicted octanol–water partition coefficient (Wildman–Crippen LogP) is 4.84. The van der Waals surface area contributed by atoms with Crippen LogP contribution in [-0.4, -0.2) is 32.8 Å². The zero-order valence-electron chi connectivity index (χ0n) is 15.1. The third kappa shape index (κ3) is 4.82. The van der Waals surface area contributed by atoms with Gasteiger partial charge in [0.05, 0.1) is 16.3 Å². The lowest BCUT2D eigenvalue weighted by atomic mass is 9.77. The minimum absolute atomic E-state index is 0.0749. The van der Waals surface area contributed by atoms with Crippen LogP contribution >= 0.6 is 23.2 Å². The van der Waals surface area contributed by atoms with Crippen molar-refractivity contribution in [3.63, 3.8) is 0 Å². The van der Waals surface area contributed by atoms with E-state index >= 15 is 0 Å². The number of hydrogen-bond donors (Lipinski definition) is 2. The van der Waals surface area contributed by atoms with E-state index in [1.165, 1.54) is 18.3 Å². The molecule has 0 saturated heterocycles. The van der Waals surface area contributed by atoms with Crippen LogP contribution in [0.4, 0.5) is 13.2 Å². The van der Waals surface area contributed by atoms with E-state index in [1.807, 2.05) is 0 Å². The number of amides is 1. The van der Waals surface area contributed by atoms with E-state index in [4.69, 9.17) is 23.2 Å². The molecule has 3 rings (SSSR count). The molecule has 2 aromatic rings. The Labute approximate surface area is 175 Å². The van der Waals surface area contributed by atoms with E-state index in [0.29, 0.717) is 5.02 Å². The fourth-order valence-corrected chi connectivity index (χ4v) is 3.87. The number of aromatic nitrogens is 2. The maximum absolute atomic E-state index is 13.6. The van der Waals surface area contributed by atoms with E-state index in [1.54, 1.807) is 0 Å². The first-order valence-electron chi connectivity index (χ1n) is 8.92. The number of hydrogen-bond acceptors (Lipinski definition) is 4. The minimum atomic E-state index is -2.88. The van der Waals surface area contributed by atoms with Crippen LogP contribution in [-0.2, 0) is 0 Å². The first-order chi connectivity index (χ1) is 13.7. The maximum Gasteiger partial charge on any atom is 0.272 e. The topological polar surface area (TPSA) is 75.1 Å². The van der Waals surface area contributed by atoms with Crippen LogP contribution in [0.5, 0.6) is 0 Å². The number of nitrogens with zero attached hydrogens (tertiary/aromatic N) is 2. The lowest BCUT2D eigenvalue weighted by Gasteiger charge is -2.40. The highest BCUT2D eigenvalue weighted by atomic mass is 35.5. The minimum Gasteiger partial charge on any atom is -0.387 e. The zero-order chi connectivity index (χ0) is 21.2. The molecule has 2 heterocycles. The molecule has 0 radical (unpaired) electrons. The lowest BCUT2D eigenvalue weighted by Crippen LogP contribution is -2.49. The van der Waals surface area contributed by atoms with Gasteiger partial charge in [0, 0.05) is 23.0 Å². The Morgan fingerprint density at radius 3 is 2.48 bits per heavy atom. The molecule has 29 heavy (non-hydrogen) atoms. The Bertz CT molecular complexity index is 893. The Morgan fingerprint density at radius 1 is 1.21 bits per heavy atom. The summed E-state index contributed by atoms with van der Waals surface area (Å²) >= 11 is 12.0. The number of carbonyl (C=O) groups excluding carboxylic acids is 1. The molecular weight excluding hydrogens is 430 g/mol. The van der Waals surface area contributed by atoms with E-state index in [9.17, 15) is 23.1 Å². The van der Waals surface area contributed by atoms with Gasteiger partial charge in [-0.2, -0.15) is 0 Å². The molecule has 1 atom stereocenters. The molecule has 1 aliphatic carbocycles. The molecule has 1 aliphatic rings. The SMILES string of the molecule is O=C(NC(c1cc(Cl)ccn1)[C@]1(O)CC[C@H](F)CC1)c1nccc(C(F)F)c1Cl. The summed E-state index contributed by atoms with van der Waals surface area (Å²) in [5.41, 5.74) is -2.17. The first kappa shape index (κ1) is 21.8. The number of pyridine rings is 2. The van der Waals surface area contributed by atoms with Crippen LogP contribution in [0.2, 0.25) is 10.0 Å². The highest BCUT2D eigenvalue weighted by Crippen LogP contribution is 2.39. The predicted molar refractivity (Wildman–Crippen MR) is 102 cm³/mol. The first-order valence-corrected chi connectivity index (χ1v) is 9.68. The molecule has 0 aromatic carbocycles. The van der Waals surface area contributed by atoms with Crippen LogP contribution < -0.4 is 5.32 Å². The van der Waals surface area contributed by atoms with Crippen molar-refractivity contribution >= 4 is 29.1 Å². The molecule has 10 heteroatoms. The molecule has 5 nitrogen and oxygen atoms in total. The van der Waals surface area contributed by atoms with E-state index in [0.717, 1.165) is 12.3 Å². The Kier molecular flexibility index (Phi) is 6.65. The number of aliphatic hydroxyl groups is 1. The number of carbonyl (C=O) groups is 1. The van der Waals surface area contributed by atoms with Gasteiger partial charge >= 0.3 is 0 Å². The summed E-state index contributed by atoms with van der Waals surface area (Å²) in [5.74, 6) is -0.861. The van der Waals surface area contributed by atoms with Crippen molar-refractivity contribution in [2.24, 2.45) is 0 Å². The molecule has 156 valence electrons. The van der Waals surface area contributed by atoms with Gasteiger partial charge in [0.1, 0.15) is 17.9 Å². The van der Waals surface area contributed by atoms with Crippen LogP contribution in [0.15, 0.2) is 30.6 Å². The molecule has 2 aromatic heterocycles. The van der Waals surface area contributed by atoms with E-state index in [-0.39, 0.29) is 31.4 Å². The third-order valence-corrected chi connectivity index (χ3v) is 5.63. The average Bonchev–Trinajstić information content (AvgIpc) is 2.68. The molecule has 0 aliphatic heterocycles. The summed E-state index contributed by atoms with van der Waals surface area (Å²) in [6.07, 6.45) is -1.09. The van der Waals surface area contributed by atoms with Gasteiger partial charge in [-0.1, -0.05) is 23.2 Å². The van der Waals surface area contributed by atoms with Gasteiger partial charge < -0.3 is 10.4 Å². The van der Waals surface area contributed by atoms with Crippen molar-refractivity contribution < 1.29 is 23.1 Å². The third-order valence-electron chi connectivity index (χ3n) is 5.00. The number of rotatable bonds is 5. The normalized spacial score (nSPS) is 23.1. The standard InChI is InChI=1S/C19H18Cl2F3N3O2/c20-10-3-7-25-13(9-10)16(19(29)5-1-11(22)2-6-19)27-18(28)15-14(21)12(17(23)24)4-8-26-15/h3-4,7-9,11,16-17,29H,1-2,5-6H2,(H,27,28)/t11-,16?,19-. The molecule has 0 spiro atoms. The second-order valence-electron chi connectivity index (χ2n) is 6.95. The van der Waals surface area contributed by atoms with Gasteiger partial charge in [-0.05, 0) is 43.9 Å². The van der Waals surface area contributed by atoms with Crippen LogP contribution in [0, 0.1) is 0 Å². The summed E-state index contributed by atoms with van der Waals surface area (Å²) in [4.78, 5) is 20.8. The van der Waals surface area contributed by atoms with Gasteiger partial charge in [-0.15, -0.1) is 0 Å². The fourth-order valence-electron chi connectivity index (χ4n) is 3.42. The van der Waals surface area contributed by atoms with Gasteiger partial charge in [-0.3, -0.25) is 9.78 Å². The monoisotopic (exact) mass is 447 g/mol. The highest BCUT2D eigenvalue weighted by molar-refractivity contribution is 6.34. The van der Waals surface area contributed by atoms with Crippen molar-refractivity contribution in [3.05, 3.63) is 57.6 Å². The molecule has 1 amide bonds. The smallest absolute Gasteiger partial charge is 0.272 e. The summed E-state index contributed by atoms with van der Waals surface area (Å²) in [6, 6.07) is 2.96. The molecule has 1 saturated carbocycles. The van der Waals surface area contributed by atoms with Crippen LogP contribution in [0.1, 0.15) is 59.9 Å². The van der Waals surface area contributed by atoms with Gasteiger partial charge in [-0.25, -0.2) is 18.2 Å². The Hall–Kier alpha value is -1.90. The number of nitrogens with one attached hydrogen (secondary N) is 1. The van der Waals surface area contributed by atoms with Gasteiger partial charge in [0.25, 0.3) is 12.3 Å². The molecule has 1 fully saturated rings.